The molecule has 3 aromatic rings. The molecule has 0 atom stereocenters. The van der Waals surface area contributed by atoms with Crippen molar-refractivity contribution in [2.45, 2.75) is 20.4 Å². The number of anilines is 2. The van der Waals surface area contributed by atoms with Gasteiger partial charge >= 0.3 is 0 Å². The lowest BCUT2D eigenvalue weighted by Crippen LogP contribution is -2.22. The zero-order valence-corrected chi connectivity index (χ0v) is 15.2. The molecule has 5 heteroatoms. The SMILES string of the molecule is CCN(CC)Cc1cc(Nc2ccnc3ccc(Cl)cc23)ccc1O. The maximum atomic E-state index is 10.2. The van der Waals surface area contributed by atoms with E-state index in [-0.39, 0.29) is 0 Å². The molecule has 0 saturated carbocycles. The lowest BCUT2D eigenvalue weighted by atomic mass is 10.1. The van der Waals surface area contributed by atoms with Crippen LogP contribution < -0.4 is 5.32 Å². The molecule has 0 spiro atoms. The maximum absolute atomic E-state index is 10.2. The number of pyridine rings is 1. The molecule has 0 amide bonds. The number of rotatable bonds is 6. The number of fused-ring (bicyclic) bond motifs is 1. The first kappa shape index (κ1) is 17.5. The molecule has 0 saturated heterocycles. The molecule has 0 unspecified atom stereocenters. The Kier molecular flexibility index (Phi) is 5.41. The molecule has 2 N–H and O–H groups in total. The third-order valence-corrected chi connectivity index (χ3v) is 4.59. The van der Waals surface area contributed by atoms with Crippen LogP contribution in [0.4, 0.5) is 11.4 Å². The van der Waals surface area contributed by atoms with Crippen LogP contribution in [-0.4, -0.2) is 28.1 Å². The van der Waals surface area contributed by atoms with Crippen LogP contribution in [0.1, 0.15) is 19.4 Å². The number of nitrogens with one attached hydrogen (secondary N) is 1. The number of aromatic hydroxyl groups is 1. The number of phenols is 1. The summed E-state index contributed by atoms with van der Waals surface area (Å²) in [5, 5.41) is 15.2. The van der Waals surface area contributed by atoms with Gasteiger partial charge in [-0.1, -0.05) is 25.4 Å². The highest BCUT2D eigenvalue weighted by Crippen LogP contribution is 2.30. The van der Waals surface area contributed by atoms with Crippen molar-refractivity contribution in [3.05, 3.63) is 59.2 Å². The number of aromatic nitrogens is 1. The fraction of sp³-hybridized carbons (Fsp3) is 0.250. The van der Waals surface area contributed by atoms with Gasteiger partial charge in [0.25, 0.3) is 0 Å². The molecule has 0 fully saturated rings. The highest BCUT2D eigenvalue weighted by atomic mass is 35.5. The lowest BCUT2D eigenvalue weighted by Gasteiger charge is -2.19. The Morgan fingerprint density at radius 1 is 1.08 bits per heavy atom. The van der Waals surface area contributed by atoms with Crippen molar-refractivity contribution in [3.8, 4) is 5.75 Å². The van der Waals surface area contributed by atoms with E-state index in [1.54, 1.807) is 12.3 Å². The Bertz CT molecular complexity index is 878. The van der Waals surface area contributed by atoms with Gasteiger partial charge in [0.15, 0.2) is 0 Å². The van der Waals surface area contributed by atoms with Crippen LogP contribution in [0.2, 0.25) is 5.02 Å². The predicted octanol–water partition coefficient (Wildman–Crippen LogP) is 5.18. The molecular formula is C20H22ClN3O. The van der Waals surface area contributed by atoms with Crippen LogP contribution in [0.5, 0.6) is 5.75 Å². The Labute approximate surface area is 153 Å². The second-order valence-electron chi connectivity index (χ2n) is 5.95. The predicted molar refractivity (Wildman–Crippen MR) is 105 cm³/mol. The normalized spacial score (nSPS) is 11.2. The van der Waals surface area contributed by atoms with Crippen LogP contribution in [0.15, 0.2) is 48.7 Å². The topological polar surface area (TPSA) is 48.4 Å². The van der Waals surface area contributed by atoms with Gasteiger partial charge in [-0.3, -0.25) is 9.88 Å². The van der Waals surface area contributed by atoms with E-state index in [0.717, 1.165) is 47.5 Å². The quantitative estimate of drug-likeness (QED) is 0.598. The van der Waals surface area contributed by atoms with E-state index in [1.807, 2.05) is 36.4 Å². The van der Waals surface area contributed by atoms with Crippen LogP contribution in [0, 0.1) is 0 Å². The number of benzene rings is 2. The molecule has 1 heterocycles. The zero-order chi connectivity index (χ0) is 17.8. The second kappa shape index (κ2) is 7.72. The molecule has 0 aliphatic heterocycles. The minimum atomic E-state index is 0.320. The molecule has 0 bridgehead atoms. The Balaban J connectivity index is 1.92. The molecule has 3 rings (SSSR count). The van der Waals surface area contributed by atoms with Gasteiger partial charge in [0.1, 0.15) is 5.75 Å². The first-order chi connectivity index (χ1) is 12.1. The Morgan fingerprint density at radius 2 is 1.88 bits per heavy atom. The highest BCUT2D eigenvalue weighted by molar-refractivity contribution is 6.31. The maximum Gasteiger partial charge on any atom is 0.120 e. The largest absolute Gasteiger partial charge is 0.508 e. The number of phenolic OH excluding ortho intramolecular Hbond substituents is 1. The van der Waals surface area contributed by atoms with E-state index in [4.69, 9.17) is 11.6 Å². The summed E-state index contributed by atoms with van der Waals surface area (Å²) in [5.74, 6) is 0.320. The molecule has 130 valence electrons. The molecular weight excluding hydrogens is 334 g/mol. The van der Waals surface area contributed by atoms with Crippen molar-refractivity contribution in [2.75, 3.05) is 18.4 Å². The summed E-state index contributed by atoms with van der Waals surface area (Å²) >= 11 is 6.13. The van der Waals surface area contributed by atoms with Crippen LogP contribution in [0.25, 0.3) is 10.9 Å². The molecule has 1 aromatic heterocycles. The summed E-state index contributed by atoms with van der Waals surface area (Å²) in [5.41, 5.74) is 3.65. The number of hydrogen-bond donors (Lipinski definition) is 2. The van der Waals surface area contributed by atoms with Gasteiger partial charge < -0.3 is 10.4 Å². The highest BCUT2D eigenvalue weighted by Gasteiger charge is 2.09. The van der Waals surface area contributed by atoms with Gasteiger partial charge in [0, 0.05) is 40.1 Å². The van der Waals surface area contributed by atoms with Gasteiger partial charge in [0.05, 0.1) is 5.52 Å². The van der Waals surface area contributed by atoms with Gasteiger partial charge in [-0.25, -0.2) is 0 Å². The van der Waals surface area contributed by atoms with Crippen molar-refractivity contribution >= 4 is 33.9 Å². The molecule has 0 aliphatic rings. The van der Waals surface area contributed by atoms with E-state index in [1.165, 1.54) is 0 Å². The van der Waals surface area contributed by atoms with E-state index < -0.39 is 0 Å². The average Bonchev–Trinajstić information content (AvgIpc) is 2.62. The molecule has 2 aromatic carbocycles. The Morgan fingerprint density at radius 3 is 2.64 bits per heavy atom. The van der Waals surface area contributed by atoms with Crippen LogP contribution >= 0.6 is 11.6 Å². The Hall–Kier alpha value is -2.30. The van der Waals surface area contributed by atoms with E-state index >= 15 is 0 Å². The summed E-state index contributed by atoms with van der Waals surface area (Å²) in [6, 6.07) is 13.2. The zero-order valence-electron chi connectivity index (χ0n) is 14.5. The molecule has 4 nitrogen and oxygen atoms in total. The molecule has 25 heavy (non-hydrogen) atoms. The van der Waals surface area contributed by atoms with Crippen LogP contribution in [-0.2, 0) is 6.54 Å². The number of nitrogens with zero attached hydrogens (tertiary/aromatic N) is 2. The summed E-state index contributed by atoms with van der Waals surface area (Å²) in [7, 11) is 0. The van der Waals surface area contributed by atoms with Crippen molar-refractivity contribution in [3.63, 3.8) is 0 Å². The standard InChI is InChI=1S/C20H22ClN3O/c1-3-24(4-2)13-14-11-16(6-8-20(14)25)23-19-9-10-22-18-7-5-15(21)12-17(18)19/h5-12,25H,3-4,13H2,1-2H3,(H,22,23). The van der Waals surface area contributed by atoms with Crippen molar-refractivity contribution < 1.29 is 5.11 Å². The number of hydrogen-bond acceptors (Lipinski definition) is 4. The monoisotopic (exact) mass is 355 g/mol. The average molecular weight is 356 g/mol. The van der Waals surface area contributed by atoms with Gasteiger partial charge in [-0.15, -0.1) is 0 Å². The van der Waals surface area contributed by atoms with Crippen molar-refractivity contribution in [1.82, 2.24) is 9.88 Å². The fourth-order valence-electron chi connectivity index (χ4n) is 2.86. The van der Waals surface area contributed by atoms with E-state index in [0.29, 0.717) is 10.8 Å². The molecule has 0 aliphatic carbocycles. The van der Waals surface area contributed by atoms with Gasteiger partial charge in [-0.05, 0) is 55.6 Å². The fourth-order valence-corrected chi connectivity index (χ4v) is 3.03. The summed E-state index contributed by atoms with van der Waals surface area (Å²) in [4.78, 5) is 6.64. The summed E-state index contributed by atoms with van der Waals surface area (Å²) in [6.07, 6.45) is 1.77. The second-order valence-corrected chi connectivity index (χ2v) is 6.39. The van der Waals surface area contributed by atoms with Gasteiger partial charge in [-0.2, -0.15) is 0 Å². The first-order valence-electron chi connectivity index (χ1n) is 8.46. The first-order valence-corrected chi connectivity index (χ1v) is 8.84. The summed E-state index contributed by atoms with van der Waals surface area (Å²) < 4.78 is 0. The number of halogens is 1. The van der Waals surface area contributed by atoms with E-state index in [9.17, 15) is 5.11 Å². The minimum absolute atomic E-state index is 0.320. The smallest absolute Gasteiger partial charge is 0.120 e. The van der Waals surface area contributed by atoms with Crippen LogP contribution in [0.3, 0.4) is 0 Å². The summed E-state index contributed by atoms with van der Waals surface area (Å²) in [6.45, 7) is 6.85. The third kappa shape index (κ3) is 4.03. The van der Waals surface area contributed by atoms with Crippen molar-refractivity contribution in [1.29, 1.82) is 0 Å². The minimum Gasteiger partial charge on any atom is -0.508 e. The molecule has 0 radical (unpaired) electrons. The van der Waals surface area contributed by atoms with Gasteiger partial charge in [0.2, 0.25) is 0 Å². The third-order valence-electron chi connectivity index (χ3n) is 4.35. The lowest BCUT2D eigenvalue weighted by molar-refractivity contribution is 0.291. The van der Waals surface area contributed by atoms with Crippen molar-refractivity contribution in [2.24, 2.45) is 0 Å². The van der Waals surface area contributed by atoms with E-state index in [2.05, 4.69) is 29.0 Å².